The van der Waals surface area contributed by atoms with Gasteiger partial charge in [-0.05, 0) is 12.1 Å². The Morgan fingerprint density at radius 2 is 2.19 bits per heavy atom. The Hall–Kier alpha value is -2.30. The molecule has 0 bridgehead atoms. The molecular weight excluding hydrogens is 206 g/mol. The molecule has 0 amide bonds. The maximum atomic E-state index is 9.34. The van der Waals surface area contributed by atoms with Crippen molar-refractivity contribution >= 4 is 5.69 Å². The first-order chi connectivity index (χ1) is 7.70. The van der Waals surface area contributed by atoms with Crippen molar-refractivity contribution in [3.8, 4) is 23.0 Å². The molecule has 0 aliphatic heterocycles. The minimum absolute atomic E-state index is 0.164. The molecule has 0 aliphatic rings. The van der Waals surface area contributed by atoms with Crippen LogP contribution in [0.15, 0.2) is 30.5 Å². The number of rotatable bonds is 2. The highest BCUT2D eigenvalue weighted by atomic mass is 16.5. The maximum absolute atomic E-state index is 9.34. The van der Waals surface area contributed by atoms with Crippen LogP contribution in [0.4, 0.5) is 5.69 Å². The van der Waals surface area contributed by atoms with Crippen LogP contribution in [0.25, 0.3) is 11.4 Å². The first kappa shape index (κ1) is 10.2. The molecule has 2 rings (SSSR count). The van der Waals surface area contributed by atoms with Gasteiger partial charge in [0.05, 0.1) is 13.3 Å². The fourth-order valence-corrected chi connectivity index (χ4v) is 1.32. The van der Waals surface area contributed by atoms with Crippen molar-refractivity contribution in [3.63, 3.8) is 0 Å². The Labute approximate surface area is 92.5 Å². The molecule has 2 aromatic rings. The molecule has 0 aliphatic carbocycles. The second-order valence-corrected chi connectivity index (χ2v) is 3.21. The van der Waals surface area contributed by atoms with E-state index in [2.05, 4.69) is 9.97 Å². The smallest absolute Gasteiger partial charge is 0.240 e. The van der Waals surface area contributed by atoms with Crippen LogP contribution >= 0.6 is 0 Å². The standard InChI is InChI=1S/C11H11N3O2/c1-16-11-9(12)6-13-10(14-11)7-3-2-4-8(15)5-7/h2-6,15H,12H2,1H3. The van der Waals surface area contributed by atoms with Gasteiger partial charge in [0, 0.05) is 5.56 Å². The van der Waals surface area contributed by atoms with E-state index in [1.165, 1.54) is 13.3 Å². The predicted molar refractivity (Wildman–Crippen MR) is 60.1 cm³/mol. The van der Waals surface area contributed by atoms with E-state index < -0.39 is 0 Å². The fraction of sp³-hybridized carbons (Fsp3) is 0.0909. The third-order valence-corrected chi connectivity index (χ3v) is 2.08. The van der Waals surface area contributed by atoms with Gasteiger partial charge in [-0.1, -0.05) is 12.1 Å². The van der Waals surface area contributed by atoms with Gasteiger partial charge in [-0.25, -0.2) is 4.98 Å². The van der Waals surface area contributed by atoms with E-state index in [0.29, 0.717) is 23.0 Å². The van der Waals surface area contributed by atoms with Gasteiger partial charge in [-0.2, -0.15) is 4.98 Å². The molecule has 1 aromatic heterocycles. The van der Waals surface area contributed by atoms with Crippen LogP contribution in [0.2, 0.25) is 0 Å². The molecule has 82 valence electrons. The van der Waals surface area contributed by atoms with Crippen LogP contribution in [0.3, 0.4) is 0 Å². The summed E-state index contributed by atoms with van der Waals surface area (Å²) in [5, 5.41) is 9.34. The van der Waals surface area contributed by atoms with Gasteiger partial charge in [0.15, 0.2) is 5.82 Å². The topological polar surface area (TPSA) is 81.3 Å². The Kier molecular flexibility index (Phi) is 2.59. The largest absolute Gasteiger partial charge is 0.508 e. The molecule has 0 saturated carbocycles. The van der Waals surface area contributed by atoms with Crippen molar-refractivity contribution in [3.05, 3.63) is 30.5 Å². The molecule has 1 aromatic carbocycles. The summed E-state index contributed by atoms with van der Waals surface area (Å²) in [6.45, 7) is 0. The number of hydrogen-bond donors (Lipinski definition) is 2. The number of benzene rings is 1. The van der Waals surface area contributed by atoms with Crippen LogP contribution in [-0.4, -0.2) is 22.2 Å². The highest BCUT2D eigenvalue weighted by molar-refractivity contribution is 5.60. The van der Waals surface area contributed by atoms with Gasteiger partial charge in [-0.15, -0.1) is 0 Å². The lowest BCUT2D eigenvalue weighted by Crippen LogP contribution is -1.98. The highest BCUT2D eigenvalue weighted by Gasteiger charge is 2.06. The van der Waals surface area contributed by atoms with E-state index in [0.717, 1.165) is 0 Å². The molecule has 0 spiro atoms. The molecule has 3 N–H and O–H groups in total. The van der Waals surface area contributed by atoms with Crippen molar-refractivity contribution in [1.82, 2.24) is 9.97 Å². The number of phenolic OH excluding ortho intramolecular Hbond substituents is 1. The van der Waals surface area contributed by atoms with E-state index in [4.69, 9.17) is 10.5 Å². The monoisotopic (exact) mass is 217 g/mol. The van der Waals surface area contributed by atoms with Gasteiger partial charge in [0.1, 0.15) is 11.4 Å². The van der Waals surface area contributed by atoms with Crippen molar-refractivity contribution in [1.29, 1.82) is 0 Å². The van der Waals surface area contributed by atoms with Gasteiger partial charge in [0.2, 0.25) is 5.88 Å². The van der Waals surface area contributed by atoms with E-state index in [-0.39, 0.29) is 5.75 Å². The number of methoxy groups -OCH3 is 1. The zero-order chi connectivity index (χ0) is 11.5. The third-order valence-electron chi connectivity index (χ3n) is 2.08. The number of aromatic hydroxyl groups is 1. The normalized spacial score (nSPS) is 10.1. The van der Waals surface area contributed by atoms with Crippen LogP contribution in [0.5, 0.6) is 11.6 Å². The number of anilines is 1. The number of nitrogens with two attached hydrogens (primary N) is 1. The Morgan fingerprint density at radius 1 is 1.38 bits per heavy atom. The van der Waals surface area contributed by atoms with Gasteiger partial charge in [-0.3, -0.25) is 0 Å². The Balaban J connectivity index is 2.48. The second-order valence-electron chi connectivity index (χ2n) is 3.21. The maximum Gasteiger partial charge on any atom is 0.240 e. The molecule has 0 unspecified atom stereocenters. The first-order valence-corrected chi connectivity index (χ1v) is 4.66. The summed E-state index contributed by atoms with van der Waals surface area (Å²) in [4.78, 5) is 8.20. The summed E-state index contributed by atoms with van der Waals surface area (Å²) >= 11 is 0. The lowest BCUT2D eigenvalue weighted by molar-refractivity contribution is 0.400. The van der Waals surface area contributed by atoms with Crippen LogP contribution in [0.1, 0.15) is 0 Å². The minimum atomic E-state index is 0.164. The fourth-order valence-electron chi connectivity index (χ4n) is 1.32. The molecule has 0 saturated heterocycles. The number of aromatic nitrogens is 2. The number of hydrogen-bond acceptors (Lipinski definition) is 5. The van der Waals surface area contributed by atoms with Crippen LogP contribution in [0, 0.1) is 0 Å². The first-order valence-electron chi connectivity index (χ1n) is 4.66. The molecule has 5 heteroatoms. The van der Waals surface area contributed by atoms with Crippen LogP contribution in [-0.2, 0) is 0 Å². The van der Waals surface area contributed by atoms with E-state index in [9.17, 15) is 5.11 Å². The molecule has 16 heavy (non-hydrogen) atoms. The molecule has 5 nitrogen and oxygen atoms in total. The van der Waals surface area contributed by atoms with E-state index in [1.54, 1.807) is 24.3 Å². The minimum Gasteiger partial charge on any atom is -0.508 e. The van der Waals surface area contributed by atoms with Gasteiger partial charge in [0.25, 0.3) is 0 Å². The predicted octanol–water partition coefficient (Wildman–Crippen LogP) is 1.44. The summed E-state index contributed by atoms with van der Waals surface area (Å²) in [6.07, 6.45) is 1.48. The molecule has 0 atom stereocenters. The average molecular weight is 217 g/mol. The van der Waals surface area contributed by atoms with E-state index in [1.807, 2.05) is 0 Å². The van der Waals surface area contributed by atoms with Crippen molar-refractivity contribution in [2.75, 3.05) is 12.8 Å². The molecular formula is C11H11N3O2. The molecule has 0 fully saturated rings. The van der Waals surface area contributed by atoms with Crippen LogP contribution < -0.4 is 10.5 Å². The average Bonchev–Trinajstić information content (AvgIpc) is 2.29. The molecule has 0 radical (unpaired) electrons. The number of nitrogens with zero attached hydrogens (tertiary/aromatic N) is 2. The van der Waals surface area contributed by atoms with E-state index >= 15 is 0 Å². The van der Waals surface area contributed by atoms with Crippen molar-refractivity contribution < 1.29 is 9.84 Å². The highest BCUT2D eigenvalue weighted by Crippen LogP contribution is 2.24. The number of nitrogen functional groups attached to an aromatic ring is 1. The molecule has 1 heterocycles. The summed E-state index contributed by atoms with van der Waals surface area (Å²) in [7, 11) is 1.49. The summed E-state index contributed by atoms with van der Waals surface area (Å²) in [5.74, 6) is 0.951. The van der Waals surface area contributed by atoms with Crippen molar-refractivity contribution in [2.45, 2.75) is 0 Å². The van der Waals surface area contributed by atoms with Crippen molar-refractivity contribution in [2.24, 2.45) is 0 Å². The third kappa shape index (κ3) is 1.88. The zero-order valence-corrected chi connectivity index (χ0v) is 8.71. The number of phenols is 1. The lowest BCUT2D eigenvalue weighted by atomic mass is 10.2. The Morgan fingerprint density at radius 3 is 2.88 bits per heavy atom. The zero-order valence-electron chi connectivity index (χ0n) is 8.71. The second kappa shape index (κ2) is 4.06. The number of ether oxygens (including phenoxy) is 1. The summed E-state index contributed by atoms with van der Waals surface area (Å²) < 4.78 is 5.00. The lowest BCUT2D eigenvalue weighted by Gasteiger charge is -2.05. The van der Waals surface area contributed by atoms with Gasteiger partial charge >= 0.3 is 0 Å². The summed E-state index contributed by atoms with van der Waals surface area (Å²) in [5.41, 5.74) is 6.70. The quantitative estimate of drug-likeness (QED) is 0.795. The Bertz CT molecular complexity index is 514. The van der Waals surface area contributed by atoms with Gasteiger partial charge < -0.3 is 15.6 Å². The SMILES string of the molecule is COc1nc(-c2cccc(O)c2)ncc1N. The summed E-state index contributed by atoms with van der Waals surface area (Å²) in [6, 6.07) is 6.67.